The third kappa shape index (κ3) is 3.37. The van der Waals surface area contributed by atoms with Gasteiger partial charge < -0.3 is 4.90 Å². The van der Waals surface area contributed by atoms with Crippen LogP contribution in [-0.4, -0.2) is 30.6 Å². The molecule has 0 aromatic heterocycles. The Morgan fingerprint density at radius 1 is 0.885 bits per heavy atom. The highest BCUT2D eigenvalue weighted by Gasteiger charge is 2.35. The number of halogens is 1. The molecule has 2 aliphatic heterocycles. The quantitative estimate of drug-likeness (QED) is 0.672. The number of anilines is 1. The summed E-state index contributed by atoms with van der Waals surface area (Å²) >= 11 is 6.21. The summed E-state index contributed by atoms with van der Waals surface area (Å²) in [6, 6.07) is 14.7. The highest BCUT2D eigenvalue weighted by molar-refractivity contribution is 6.31. The lowest BCUT2D eigenvalue weighted by Crippen LogP contribution is -2.55. The fourth-order valence-corrected chi connectivity index (χ4v) is 4.76. The predicted molar refractivity (Wildman–Crippen MR) is 111 cm³/mol. The van der Waals surface area contributed by atoms with E-state index in [0.29, 0.717) is 12.1 Å². The first-order valence-corrected chi connectivity index (χ1v) is 10.2. The van der Waals surface area contributed by atoms with Gasteiger partial charge in [0.1, 0.15) is 0 Å². The molecular formula is C23H29ClN2. The molecule has 2 aliphatic rings. The molecule has 0 saturated carbocycles. The van der Waals surface area contributed by atoms with Crippen molar-refractivity contribution in [3.05, 3.63) is 63.7 Å². The highest BCUT2D eigenvalue weighted by atomic mass is 35.5. The van der Waals surface area contributed by atoms with Crippen LogP contribution < -0.4 is 4.90 Å². The molecule has 2 atom stereocenters. The van der Waals surface area contributed by atoms with Crippen molar-refractivity contribution in [2.24, 2.45) is 0 Å². The Morgan fingerprint density at radius 3 is 2.50 bits per heavy atom. The van der Waals surface area contributed by atoms with E-state index < -0.39 is 0 Å². The van der Waals surface area contributed by atoms with Crippen LogP contribution in [0.3, 0.4) is 0 Å². The first kappa shape index (κ1) is 17.9. The van der Waals surface area contributed by atoms with Crippen LogP contribution in [0.2, 0.25) is 5.02 Å². The number of rotatable bonds is 2. The molecule has 0 N–H and O–H groups in total. The molecule has 0 amide bonds. The summed E-state index contributed by atoms with van der Waals surface area (Å²) < 4.78 is 0. The highest BCUT2D eigenvalue weighted by Crippen LogP contribution is 2.37. The predicted octanol–water partition coefficient (Wildman–Crippen LogP) is 5.68. The minimum absolute atomic E-state index is 0.585. The molecule has 2 heterocycles. The van der Waals surface area contributed by atoms with Gasteiger partial charge in [0, 0.05) is 42.4 Å². The molecule has 4 rings (SSSR count). The third-order valence-electron chi connectivity index (χ3n) is 6.37. The molecule has 138 valence electrons. The zero-order valence-electron chi connectivity index (χ0n) is 16.1. The number of nitrogens with zero attached hydrogens (tertiary/aromatic N) is 2. The van der Waals surface area contributed by atoms with Crippen LogP contribution in [0.1, 0.15) is 47.6 Å². The maximum atomic E-state index is 6.21. The van der Waals surface area contributed by atoms with E-state index in [9.17, 15) is 0 Å². The fraction of sp³-hybridized carbons (Fsp3) is 0.478. The largest absolute Gasteiger partial charge is 0.369 e. The lowest BCUT2D eigenvalue weighted by Gasteiger charge is -2.49. The summed E-state index contributed by atoms with van der Waals surface area (Å²) in [6.07, 6.45) is 3.93. The Hall–Kier alpha value is -1.51. The molecule has 2 aromatic rings. The second-order valence-electron chi connectivity index (χ2n) is 8.06. The Balaban J connectivity index is 1.53. The van der Waals surface area contributed by atoms with Crippen molar-refractivity contribution in [1.82, 2.24) is 4.90 Å². The monoisotopic (exact) mass is 368 g/mol. The molecule has 2 saturated heterocycles. The SMILES string of the molecule is Cc1ccc([C@H]2CCC[C@H]3CN(c4ccc(Cl)c(C)c4)CCN32)cc1C. The summed E-state index contributed by atoms with van der Waals surface area (Å²) in [5.74, 6) is 0. The molecule has 0 unspecified atom stereocenters. The van der Waals surface area contributed by atoms with Crippen molar-refractivity contribution in [3.8, 4) is 0 Å². The van der Waals surface area contributed by atoms with E-state index in [4.69, 9.17) is 11.6 Å². The molecule has 26 heavy (non-hydrogen) atoms. The van der Waals surface area contributed by atoms with Gasteiger partial charge in [0.15, 0.2) is 0 Å². The van der Waals surface area contributed by atoms with Gasteiger partial charge in [-0.2, -0.15) is 0 Å². The number of piperazine rings is 1. The van der Waals surface area contributed by atoms with Crippen molar-refractivity contribution >= 4 is 17.3 Å². The minimum Gasteiger partial charge on any atom is -0.369 e. The zero-order valence-corrected chi connectivity index (χ0v) is 16.9. The van der Waals surface area contributed by atoms with Crippen LogP contribution >= 0.6 is 11.6 Å². The Kier molecular flexibility index (Phi) is 4.98. The van der Waals surface area contributed by atoms with Gasteiger partial charge in [0.25, 0.3) is 0 Å². The molecular weight excluding hydrogens is 340 g/mol. The number of hydrogen-bond acceptors (Lipinski definition) is 2. The van der Waals surface area contributed by atoms with E-state index >= 15 is 0 Å². The van der Waals surface area contributed by atoms with E-state index in [1.54, 1.807) is 0 Å². The van der Waals surface area contributed by atoms with Crippen molar-refractivity contribution < 1.29 is 0 Å². The number of aryl methyl sites for hydroxylation is 3. The topological polar surface area (TPSA) is 6.48 Å². The van der Waals surface area contributed by atoms with E-state index in [1.807, 2.05) is 6.07 Å². The number of benzene rings is 2. The van der Waals surface area contributed by atoms with Gasteiger partial charge in [0.05, 0.1) is 0 Å². The van der Waals surface area contributed by atoms with Gasteiger partial charge in [-0.15, -0.1) is 0 Å². The second kappa shape index (κ2) is 7.25. The molecule has 2 nitrogen and oxygen atoms in total. The molecule has 0 aliphatic carbocycles. The average molecular weight is 369 g/mol. The normalized spacial score (nSPS) is 23.8. The summed E-state index contributed by atoms with van der Waals surface area (Å²) in [5.41, 5.74) is 6.81. The van der Waals surface area contributed by atoms with Crippen LogP contribution in [0, 0.1) is 20.8 Å². The first-order chi connectivity index (χ1) is 12.5. The molecule has 0 spiro atoms. The van der Waals surface area contributed by atoms with Crippen molar-refractivity contribution in [2.45, 2.75) is 52.1 Å². The smallest absolute Gasteiger partial charge is 0.0436 e. The van der Waals surface area contributed by atoms with Gasteiger partial charge >= 0.3 is 0 Å². The van der Waals surface area contributed by atoms with Crippen LogP contribution in [0.25, 0.3) is 0 Å². The van der Waals surface area contributed by atoms with Crippen LogP contribution in [0.15, 0.2) is 36.4 Å². The Bertz CT molecular complexity index is 801. The maximum absolute atomic E-state index is 6.21. The van der Waals surface area contributed by atoms with Crippen molar-refractivity contribution in [3.63, 3.8) is 0 Å². The van der Waals surface area contributed by atoms with Gasteiger partial charge in [-0.1, -0.05) is 29.8 Å². The average Bonchev–Trinajstić information content (AvgIpc) is 2.65. The van der Waals surface area contributed by atoms with Gasteiger partial charge in [-0.25, -0.2) is 0 Å². The van der Waals surface area contributed by atoms with Gasteiger partial charge in [-0.05, 0) is 80.5 Å². The molecule has 3 heteroatoms. The van der Waals surface area contributed by atoms with Crippen LogP contribution in [0.4, 0.5) is 5.69 Å². The lowest BCUT2D eigenvalue weighted by atomic mass is 9.88. The summed E-state index contributed by atoms with van der Waals surface area (Å²) in [4.78, 5) is 5.32. The van der Waals surface area contributed by atoms with Gasteiger partial charge in [-0.3, -0.25) is 4.90 Å². The van der Waals surface area contributed by atoms with Crippen molar-refractivity contribution in [2.75, 3.05) is 24.5 Å². The van der Waals surface area contributed by atoms with E-state index in [2.05, 4.69) is 60.9 Å². The second-order valence-corrected chi connectivity index (χ2v) is 8.47. The lowest BCUT2D eigenvalue weighted by molar-refractivity contribution is 0.0716. The van der Waals surface area contributed by atoms with Crippen molar-refractivity contribution in [1.29, 1.82) is 0 Å². The summed E-state index contributed by atoms with van der Waals surface area (Å²) in [7, 11) is 0. The number of fused-ring (bicyclic) bond motifs is 1. The molecule has 2 fully saturated rings. The van der Waals surface area contributed by atoms with Crippen LogP contribution in [0.5, 0.6) is 0 Å². The van der Waals surface area contributed by atoms with E-state index in [-0.39, 0.29) is 0 Å². The zero-order chi connectivity index (χ0) is 18.3. The number of piperidine rings is 1. The minimum atomic E-state index is 0.585. The Labute approximate surface area is 162 Å². The maximum Gasteiger partial charge on any atom is 0.0436 e. The molecule has 2 aromatic carbocycles. The Morgan fingerprint density at radius 2 is 1.73 bits per heavy atom. The molecule has 0 radical (unpaired) electrons. The summed E-state index contributed by atoms with van der Waals surface area (Å²) in [5, 5.41) is 0.861. The standard InChI is InChI=1S/C23H29ClN2/c1-16-7-8-19(13-17(16)2)23-6-4-5-21-15-25(11-12-26(21)23)20-9-10-22(24)18(3)14-20/h7-10,13-14,21,23H,4-6,11-12,15H2,1-3H3/t21-,23+/m0/s1. The van der Waals surface area contributed by atoms with Gasteiger partial charge in [0.2, 0.25) is 0 Å². The van der Waals surface area contributed by atoms with E-state index in [1.165, 1.54) is 47.2 Å². The fourth-order valence-electron chi connectivity index (χ4n) is 4.64. The van der Waals surface area contributed by atoms with Crippen LogP contribution in [-0.2, 0) is 0 Å². The molecule has 0 bridgehead atoms. The summed E-state index contributed by atoms with van der Waals surface area (Å²) in [6.45, 7) is 9.90. The first-order valence-electron chi connectivity index (χ1n) is 9.87. The third-order valence-corrected chi connectivity index (χ3v) is 6.79. The van der Waals surface area contributed by atoms with E-state index in [0.717, 1.165) is 24.7 Å². The number of hydrogen-bond donors (Lipinski definition) is 0.